The van der Waals surface area contributed by atoms with Gasteiger partial charge in [0.05, 0.1) is 32.1 Å². The van der Waals surface area contributed by atoms with Gasteiger partial charge in [-0.25, -0.2) is 4.98 Å². The quantitative estimate of drug-likeness (QED) is 0.454. The summed E-state index contributed by atoms with van der Waals surface area (Å²) in [5.41, 5.74) is 2.92. The van der Waals surface area contributed by atoms with Crippen LogP contribution in [-0.4, -0.2) is 70.2 Å². The Labute approximate surface area is 207 Å². The average Bonchev–Trinajstić information content (AvgIpc) is 3.35. The zero-order chi connectivity index (χ0) is 25.0. The number of aromatic nitrogens is 2. The number of ether oxygens (including phenoxy) is 1. The van der Waals surface area contributed by atoms with Gasteiger partial charge in [0.1, 0.15) is 5.75 Å². The molecule has 3 rings (SSSR count). The molecule has 192 valence electrons. The number of imidazole rings is 1. The number of hydrogen-bond donors (Lipinski definition) is 4. The molecule has 4 N–H and O–H groups in total. The second kappa shape index (κ2) is 13.8. The molecule has 2 heterocycles. The van der Waals surface area contributed by atoms with E-state index in [1.165, 1.54) is 0 Å². The van der Waals surface area contributed by atoms with Gasteiger partial charge in [0.2, 0.25) is 11.8 Å². The molecule has 0 saturated carbocycles. The van der Waals surface area contributed by atoms with Crippen molar-refractivity contribution >= 4 is 11.8 Å². The Bertz CT molecular complexity index is 932. The van der Waals surface area contributed by atoms with E-state index in [1.54, 1.807) is 12.5 Å². The molecule has 2 amide bonds. The van der Waals surface area contributed by atoms with Crippen molar-refractivity contribution in [3.63, 3.8) is 0 Å². The van der Waals surface area contributed by atoms with Crippen LogP contribution in [0.4, 0.5) is 0 Å². The molecule has 1 atom stereocenters. The van der Waals surface area contributed by atoms with Gasteiger partial charge in [-0.3, -0.25) is 14.5 Å². The number of carbonyl (C=O) groups excluding carboxylic acids is 2. The van der Waals surface area contributed by atoms with Crippen LogP contribution >= 0.6 is 0 Å². The molecule has 0 spiro atoms. The van der Waals surface area contributed by atoms with Gasteiger partial charge >= 0.3 is 0 Å². The number of benzene rings is 1. The third-order valence-electron chi connectivity index (χ3n) is 6.22. The third-order valence-corrected chi connectivity index (χ3v) is 6.22. The van der Waals surface area contributed by atoms with Crippen molar-refractivity contribution in [2.45, 2.75) is 71.0 Å². The zero-order valence-electron chi connectivity index (χ0n) is 20.9. The highest BCUT2D eigenvalue weighted by molar-refractivity contribution is 5.78. The van der Waals surface area contributed by atoms with Crippen molar-refractivity contribution < 1.29 is 19.4 Å². The fraction of sp³-hybridized carbons (Fsp3) is 0.577. The van der Waals surface area contributed by atoms with Crippen LogP contribution < -0.4 is 15.4 Å². The number of nitrogens with one attached hydrogen (secondary N) is 3. The molecule has 0 fully saturated rings. The van der Waals surface area contributed by atoms with Crippen LogP contribution in [0.1, 0.15) is 56.4 Å². The number of fused-ring (bicyclic) bond motifs is 1. The van der Waals surface area contributed by atoms with Crippen LogP contribution in [0.3, 0.4) is 0 Å². The van der Waals surface area contributed by atoms with Crippen molar-refractivity contribution in [2.75, 3.05) is 26.3 Å². The number of nitrogens with zero attached hydrogens (tertiary/aromatic N) is 2. The summed E-state index contributed by atoms with van der Waals surface area (Å²) in [6, 6.07) is 5.91. The molecule has 9 nitrogen and oxygen atoms in total. The smallest absolute Gasteiger partial charge is 0.234 e. The fourth-order valence-electron chi connectivity index (χ4n) is 4.13. The summed E-state index contributed by atoms with van der Waals surface area (Å²) in [7, 11) is 0. The molecule has 2 aromatic rings. The van der Waals surface area contributed by atoms with Gasteiger partial charge in [0.15, 0.2) is 0 Å². The Balaban J connectivity index is 1.65. The lowest BCUT2D eigenvalue weighted by Crippen LogP contribution is -2.40. The first-order valence-corrected chi connectivity index (χ1v) is 12.6. The van der Waals surface area contributed by atoms with Crippen molar-refractivity contribution in [1.29, 1.82) is 0 Å². The molecule has 1 aromatic carbocycles. The van der Waals surface area contributed by atoms with Gasteiger partial charge in [-0.15, -0.1) is 0 Å². The van der Waals surface area contributed by atoms with Crippen molar-refractivity contribution in [2.24, 2.45) is 0 Å². The summed E-state index contributed by atoms with van der Waals surface area (Å²) in [4.78, 5) is 34.1. The van der Waals surface area contributed by atoms with E-state index in [0.29, 0.717) is 45.5 Å². The number of amides is 2. The molecular weight excluding hydrogens is 446 g/mol. The van der Waals surface area contributed by atoms with Crippen molar-refractivity contribution in [3.8, 4) is 5.75 Å². The lowest BCUT2D eigenvalue weighted by atomic mass is 10.0. The second-order valence-corrected chi connectivity index (χ2v) is 9.43. The Morgan fingerprint density at radius 2 is 2.11 bits per heavy atom. The van der Waals surface area contributed by atoms with Crippen LogP contribution in [0.15, 0.2) is 30.7 Å². The number of aliphatic hydroxyl groups is 1. The SMILES string of the molecule is CC(C)N1CC(=O)NCCCCCOc2ccc(CCC(=O)N[C@H](CO)Cc3cnc[nH]3)cc2C1. The van der Waals surface area contributed by atoms with Crippen molar-refractivity contribution in [3.05, 3.63) is 47.5 Å². The minimum Gasteiger partial charge on any atom is -0.493 e. The first-order valence-electron chi connectivity index (χ1n) is 12.6. The summed E-state index contributed by atoms with van der Waals surface area (Å²) >= 11 is 0. The van der Waals surface area contributed by atoms with E-state index in [1.807, 2.05) is 12.1 Å². The first-order chi connectivity index (χ1) is 16.9. The maximum atomic E-state index is 12.5. The second-order valence-electron chi connectivity index (χ2n) is 9.43. The highest BCUT2D eigenvalue weighted by Gasteiger charge is 2.18. The van der Waals surface area contributed by atoms with Gasteiger partial charge in [-0.05, 0) is 51.2 Å². The van der Waals surface area contributed by atoms with Crippen molar-refractivity contribution in [1.82, 2.24) is 25.5 Å². The molecule has 0 aliphatic carbocycles. The third kappa shape index (κ3) is 8.99. The minimum atomic E-state index is -0.359. The first kappa shape index (κ1) is 26.7. The van der Waals surface area contributed by atoms with Crippen LogP contribution in [0.25, 0.3) is 0 Å². The predicted molar refractivity (Wildman–Crippen MR) is 134 cm³/mol. The summed E-state index contributed by atoms with van der Waals surface area (Å²) < 4.78 is 6.11. The predicted octanol–water partition coefficient (Wildman–Crippen LogP) is 1.95. The van der Waals surface area contributed by atoms with E-state index in [9.17, 15) is 14.7 Å². The molecule has 0 bridgehead atoms. The maximum Gasteiger partial charge on any atom is 0.234 e. The molecule has 0 saturated heterocycles. The minimum absolute atomic E-state index is 0.0433. The number of aryl methyl sites for hydroxylation is 1. The molecule has 1 aliphatic rings. The van der Waals surface area contributed by atoms with Gasteiger partial charge in [-0.1, -0.05) is 12.1 Å². The molecule has 0 unspecified atom stereocenters. The number of carbonyl (C=O) groups is 2. The maximum absolute atomic E-state index is 12.5. The fourth-order valence-corrected chi connectivity index (χ4v) is 4.13. The molecule has 0 radical (unpaired) electrons. The number of aliphatic hydroxyl groups excluding tert-OH is 1. The lowest BCUT2D eigenvalue weighted by Gasteiger charge is -2.27. The van der Waals surface area contributed by atoms with E-state index in [0.717, 1.165) is 41.8 Å². The number of H-pyrrole nitrogens is 1. The molecule has 1 aromatic heterocycles. The molecule has 1 aliphatic heterocycles. The summed E-state index contributed by atoms with van der Waals surface area (Å²) in [6.45, 7) is 6.30. The largest absolute Gasteiger partial charge is 0.493 e. The van der Waals surface area contributed by atoms with Crippen LogP contribution in [-0.2, 0) is 29.0 Å². The summed E-state index contributed by atoms with van der Waals surface area (Å²) in [5, 5.41) is 15.6. The molecule has 9 heteroatoms. The number of aromatic amines is 1. The van der Waals surface area contributed by atoms with Crippen LogP contribution in [0.2, 0.25) is 0 Å². The normalized spacial score (nSPS) is 16.7. The zero-order valence-corrected chi connectivity index (χ0v) is 20.9. The van der Waals surface area contributed by atoms with E-state index in [2.05, 4.69) is 45.4 Å². The van der Waals surface area contributed by atoms with Gasteiger partial charge in [-0.2, -0.15) is 0 Å². The summed E-state index contributed by atoms with van der Waals surface area (Å²) in [5.74, 6) is 0.773. The summed E-state index contributed by atoms with van der Waals surface area (Å²) in [6.07, 6.45) is 7.55. The number of rotatable bonds is 8. The Kier molecular flexibility index (Phi) is 10.6. The van der Waals surface area contributed by atoms with Gasteiger partial charge < -0.3 is 25.5 Å². The Morgan fingerprint density at radius 3 is 2.86 bits per heavy atom. The monoisotopic (exact) mass is 485 g/mol. The van der Waals surface area contributed by atoms with E-state index >= 15 is 0 Å². The van der Waals surface area contributed by atoms with Crippen LogP contribution in [0, 0.1) is 0 Å². The van der Waals surface area contributed by atoms with Gasteiger partial charge in [0.25, 0.3) is 0 Å². The standard InChI is InChI=1S/C26H39N5O4/c1-19(2)31-15-21-12-20(6-8-24(21)35-11-5-3-4-10-28-26(34)16-31)7-9-25(33)30-23(17-32)13-22-14-27-18-29-22/h6,8,12,14,18-19,23,32H,3-5,7,9-11,13,15-17H2,1-2H3,(H,27,29)(H,28,34)(H,30,33)/t23-/m0/s1. The van der Waals surface area contributed by atoms with Gasteiger partial charge in [0, 0.05) is 49.4 Å². The topological polar surface area (TPSA) is 120 Å². The Morgan fingerprint density at radius 1 is 1.26 bits per heavy atom. The number of hydrogen-bond acceptors (Lipinski definition) is 6. The Hall–Kier alpha value is -2.91. The van der Waals surface area contributed by atoms with E-state index in [-0.39, 0.29) is 30.5 Å². The highest BCUT2D eigenvalue weighted by atomic mass is 16.5. The molecular formula is C26H39N5O4. The average molecular weight is 486 g/mol. The van der Waals surface area contributed by atoms with Crippen LogP contribution in [0.5, 0.6) is 5.75 Å². The highest BCUT2D eigenvalue weighted by Crippen LogP contribution is 2.24. The van der Waals surface area contributed by atoms with E-state index < -0.39 is 0 Å². The van der Waals surface area contributed by atoms with E-state index in [4.69, 9.17) is 4.74 Å². The molecule has 35 heavy (non-hydrogen) atoms. The lowest BCUT2D eigenvalue weighted by molar-refractivity contribution is -0.123.